The number of carbonyl (C=O) groups excluding carboxylic acids is 1. The molecule has 1 aliphatic rings. The highest BCUT2D eigenvalue weighted by Gasteiger charge is 2.19. The van der Waals surface area contributed by atoms with Gasteiger partial charge in [0.2, 0.25) is 0 Å². The molecule has 1 amide bonds. The minimum atomic E-state index is -0.0599. The molecule has 0 saturated carbocycles. The number of hydrogen-bond donors (Lipinski definition) is 1. The zero-order valence-corrected chi connectivity index (χ0v) is 12.1. The molecule has 0 spiro atoms. The Hall–Kier alpha value is -1.52. The predicted octanol–water partition coefficient (Wildman–Crippen LogP) is 2.74. The van der Waals surface area contributed by atoms with Gasteiger partial charge < -0.3 is 14.6 Å². The molecule has 3 rings (SSSR count). The van der Waals surface area contributed by atoms with E-state index in [2.05, 4.69) is 5.32 Å². The second kappa shape index (κ2) is 5.46. The van der Waals surface area contributed by atoms with Crippen LogP contribution in [0.15, 0.2) is 24.3 Å². The third kappa shape index (κ3) is 2.53. The molecule has 0 aliphatic carbocycles. The first-order valence-electron chi connectivity index (χ1n) is 6.79. The molecule has 4 nitrogen and oxygen atoms in total. The normalized spacial score (nSPS) is 19.2. The van der Waals surface area contributed by atoms with Crippen LogP contribution < -0.4 is 5.32 Å². The van der Waals surface area contributed by atoms with E-state index in [4.69, 9.17) is 16.3 Å². The van der Waals surface area contributed by atoms with Crippen molar-refractivity contribution < 1.29 is 9.53 Å². The Morgan fingerprint density at radius 1 is 1.45 bits per heavy atom. The first-order valence-corrected chi connectivity index (χ1v) is 7.16. The zero-order valence-electron chi connectivity index (χ0n) is 11.4. The lowest BCUT2D eigenvalue weighted by atomic mass is 10.1. The van der Waals surface area contributed by atoms with Gasteiger partial charge in [-0.3, -0.25) is 4.79 Å². The van der Waals surface area contributed by atoms with E-state index >= 15 is 0 Å². The van der Waals surface area contributed by atoms with Crippen molar-refractivity contribution in [2.24, 2.45) is 7.05 Å². The van der Waals surface area contributed by atoms with Crippen molar-refractivity contribution in [3.05, 3.63) is 35.0 Å². The van der Waals surface area contributed by atoms with E-state index < -0.39 is 0 Å². The third-order valence-corrected chi connectivity index (χ3v) is 3.97. The number of amides is 1. The van der Waals surface area contributed by atoms with Crippen molar-refractivity contribution in [2.45, 2.75) is 18.9 Å². The summed E-state index contributed by atoms with van der Waals surface area (Å²) < 4.78 is 7.28. The quantitative estimate of drug-likeness (QED) is 0.925. The number of halogens is 1. The highest BCUT2D eigenvalue weighted by molar-refractivity contribution is 6.31. The summed E-state index contributed by atoms with van der Waals surface area (Å²) in [4.78, 5) is 12.4. The van der Waals surface area contributed by atoms with Gasteiger partial charge in [-0.2, -0.15) is 0 Å². The minimum absolute atomic E-state index is 0.0599. The highest BCUT2D eigenvalue weighted by Crippen LogP contribution is 2.22. The number of aromatic nitrogens is 1. The number of nitrogens with one attached hydrogen (secondary N) is 1. The number of benzene rings is 1. The summed E-state index contributed by atoms with van der Waals surface area (Å²) in [6.45, 7) is 1.39. The van der Waals surface area contributed by atoms with E-state index in [0.29, 0.717) is 17.3 Å². The molecule has 1 atom stereocenters. The first-order chi connectivity index (χ1) is 9.65. The van der Waals surface area contributed by atoms with Crippen molar-refractivity contribution >= 4 is 28.4 Å². The van der Waals surface area contributed by atoms with E-state index in [-0.39, 0.29) is 11.9 Å². The molecule has 0 radical (unpaired) electrons. The molecule has 0 bridgehead atoms. The standard InChI is InChI=1S/C15H17ClN2O2/c1-18-13-5-4-11(16)7-10(13)8-14(18)15(19)17-12-3-2-6-20-9-12/h4-5,7-8,12H,2-3,6,9H2,1H3,(H,17,19)/t12-/m0/s1. The zero-order chi connectivity index (χ0) is 14.1. The number of aryl methyl sites for hydroxylation is 1. The topological polar surface area (TPSA) is 43.3 Å². The maximum absolute atomic E-state index is 12.4. The number of ether oxygens (including phenoxy) is 1. The van der Waals surface area contributed by atoms with Crippen LogP contribution in [0.1, 0.15) is 23.3 Å². The molecule has 5 heteroatoms. The molecule has 2 aromatic rings. The van der Waals surface area contributed by atoms with Crippen molar-refractivity contribution in [2.75, 3.05) is 13.2 Å². The number of fused-ring (bicyclic) bond motifs is 1. The van der Waals surface area contributed by atoms with Gasteiger partial charge in [0.1, 0.15) is 5.69 Å². The van der Waals surface area contributed by atoms with Crippen LogP contribution >= 0.6 is 11.6 Å². The van der Waals surface area contributed by atoms with Crippen molar-refractivity contribution in [1.29, 1.82) is 0 Å². The second-order valence-electron chi connectivity index (χ2n) is 5.18. The molecule has 106 valence electrons. The lowest BCUT2D eigenvalue weighted by Gasteiger charge is -2.23. The smallest absolute Gasteiger partial charge is 0.268 e. The average Bonchev–Trinajstić information content (AvgIpc) is 2.76. The van der Waals surface area contributed by atoms with E-state index in [9.17, 15) is 4.79 Å². The van der Waals surface area contributed by atoms with Gasteiger partial charge in [-0.1, -0.05) is 11.6 Å². The van der Waals surface area contributed by atoms with Crippen molar-refractivity contribution in [3.63, 3.8) is 0 Å². The Labute approximate surface area is 122 Å². The molecule has 1 N–H and O–H groups in total. The maximum Gasteiger partial charge on any atom is 0.268 e. The summed E-state index contributed by atoms with van der Waals surface area (Å²) in [5.41, 5.74) is 1.65. The Morgan fingerprint density at radius 2 is 2.30 bits per heavy atom. The number of hydrogen-bond acceptors (Lipinski definition) is 2. The number of nitrogens with zero attached hydrogens (tertiary/aromatic N) is 1. The van der Waals surface area contributed by atoms with Crippen LogP contribution in [0, 0.1) is 0 Å². The van der Waals surface area contributed by atoms with Gasteiger partial charge in [0.25, 0.3) is 5.91 Å². The first kappa shape index (κ1) is 13.5. The fraction of sp³-hybridized carbons (Fsp3) is 0.400. The molecular formula is C15H17ClN2O2. The third-order valence-electron chi connectivity index (χ3n) is 3.73. The molecule has 1 aliphatic heterocycles. The van der Waals surface area contributed by atoms with Crippen LogP contribution in [0.25, 0.3) is 10.9 Å². The van der Waals surface area contributed by atoms with E-state index in [0.717, 1.165) is 30.4 Å². The van der Waals surface area contributed by atoms with Crippen LogP contribution in [-0.4, -0.2) is 29.7 Å². The number of carbonyl (C=O) groups is 1. The predicted molar refractivity (Wildman–Crippen MR) is 79.2 cm³/mol. The largest absolute Gasteiger partial charge is 0.379 e. The highest BCUT2D eigenvalue weighted by atomic mass is 35.5. The Balaban J connectivity index is 1.85. The van der Waals surface area contributed by atoms with Crippen LogP contribution in [0.4, 0.5) is 0 Å². The van der Waals surface area contributed by atoms with Crippen LogP contribution in [0.3, 0.4) is 0 Å². The lowest BCUT2D eigenvalue weighted by Crippen LogP contribution is -2.41. The average molecular weight is 293 g/mol. The van der Waals surface area contributed by atoms with E-state index in [1.807, 2.05) is 35.9 Å². The summed E-state index contributed by atoms with van der Waals surface area (Å²) >= 11 is 5.99. The van der Waals surface area contributed by atoms with E-state index in [1.165, 1.54) is 0 Å². The maximum atomic E-state index is 12.4. The fourth-order valence-corrected chi connectivity index (χ4v) is 2.83. The van der Waals surface area contributed by atoms with Crippen molar-refractivity contribution in [3.8, 4) is 0 Å². The fourth-order valence-electron chi connectivity index (χ4n) is 2.65. The van der Waals surface area contributed by atoms with Crippen LogP contribution in [0.5, 0.6) is 0 Å². The van der Waals surface area contributed by atoms with Gasteiger partial charge in [0.05, 0.1) is 12.6 Å². The Bertz CT molecular complexity index is 645. The van der Waals surface area contributed by atoms with Gasteiger partial charge in [0, 0.05) is 29.6 Å². The van der Waals surface area contributed by atoms with Gasteiger partial charge in [-0.15, -0.1) is 0 Å². The van der Waals surface area contributed by atoms with Crippen molar-refractivity contribution in [1.82, 2.24) is 9.88 Å². The van der Waals surface area contributed by atoms with Gasteiger partial charge >= 0.3 is 0 Å². The summed E-state index contributed by atoms with van der Waals surface area (Å²) in [7, 11) is 1.89. The summed E-state index contributed by atoms with van der Waals surface area (Å²) in [5.74, 6) is -0.0599. The molecule has 20 heavy (non-hydrogen) atoms. The molecule has 2 heterocycles. The summed E-state index contributed by atoms with van der Waals surface area (Å²) in [6, 6.07) is 7.62. The monoisotopic (exact) mass is 292 g/mol. The molecule has 0 unspecified atom stereocenters. The van der Waals surface area contributed by atoms with Gasteiger partial charge in [0.15, 0.2) is 0 Å². The van der Waals surface area contributed by atoms with Crippen LogP contribution in [0.2, 0.25) is 5.02 Å². The molecule has 1 aromatic heterocycles. The summed E-state index contributed by atoms with van der Waals surface area (Å²) in [5, 5.41) is 4.69. The minimum Gasteiger partial charge on any atom is -0.379 e. The molecular weight excluding hydrogens is 276 g/mol. The molecule has 1 aromatic carbocycles. The van der Waals surface area contributed by atoms with Crippen LogP contribution in [-0.2, 0) is 11.8 Å². The Kier molecular flexibility index (Phi) is 3.68. The Morgan fingerprint density at radius 3 is 3.05 bits per heavy atom. The second-order valence-corrected chi connectivity index (χ2v) is 5.62. The lowest BCUT2D eigenvalue weighted by molar-refractivity contribution is 0.0620. The molecule has 1 saturated heterocycles. The van der Waals surface area contributed by atoms with Gasteiger partial charge in [-0.25, -0.2) is 0 Å². The summed E-state index contributed by atoms with van der Waals surface area (Å²) in [6.07, 6.45) is 1.97. The number of rotatable bonds is 2. The van der Waals surface area contributed by atoms with E-state index in [1.54, 1.807) is 0 Å². The SMILES string of the molecule is Cn1c(C(=O)N[C@H]2CCCOC2)cc2cc(Cl)ccc21. The molecule has 1 fully saturated rings. The van der Waals surface area contributed by atoms with Gasteiger partial charge in [-0.05, 0) is 37.1 Å².